The lowest BCUT2D eigenvalue weighted by Gasteiger charge is -2.20. The van der Waals surface area contributed by atoms with Gasteiger partial charge in [-0.3, -0.25) is 9.59 Å². The first kappa shape index (κ1) is 18.6. The number of Topliss-reactive ketones (excluding diaryl/α,β-unsaturated/α-hetero) is 2. The van der Waals surface area contributed by atoms with Gasteiger partial charge in [0.25, 0.3) is 0 Å². The predicted molar refractivity (Wildman–Crippen MR) is 107 cm³/mol. The first-order valence-corrected chi connectivity index (χ1v) is 8.92. The van der Waals surface area contributed by atoms with Crippen LogP contribution in [0.25, 0.3) is 5.57 Å². The number of nitrogens with zero attached hydrogens (tertiary/aromatic N) is 3. The fourth-order valence-corrected chi connectivity index (χ4v) is 2.84. The molecule has 0 saturated carbocycles. The molecule has 5 nitrogen and oxygen atoms in total. The van der Waals surface area contributed by atoms with Crippen LogP contribution in [0.4, 0.5) is 0 Å². The Labute approximate surface area is 159 Å². The lowest BCUT2D eigenvalue weighted by molar-refractivity contribution is 0.0950. The molecule has 0 N–H and O–H groups in total. The Kier molecular flexibility index (Phi) is 5.81. The van der Waals surface area contributed by atoms with Gasteiger partial charge in [-0.25, -0.2) is 4.98 Å². The van der Waals surface area contributed by atoms with Crippen LogP contribution < -0.4 is 0 Å². The van der Waals surface area contributed by atoms with E-state index in [1.807, 2.05) is 65.6 Å². The van der Waals surface area contributed by atoms with Gasteiger partial charge < -0.3 is 9.80 Å². The van der Waals surface area contributed by atoms with Crippen molar-refractivity contribution in [1.82, 2.24) is 14.8 Å². The van der Waals surface area contributed by atoms with Crippen LogP contribution in [-0.2, 0) is 0 Å². The Balaban J connectivity index is 1.80. The molecule has 2 aliphatic rings. The number of hydrogen-bond donors (Lipinski definition) is 0. The van der Waals surface area contributed by atoms with Crippen LogP contribution in [0.3, 0.4) is 0 Å². The first-order chi connectivity index (χ1) is 13.0. The fraction of sp³-hybridized carbons (Fsp3) is 0.227. The maximum Gasteiger partial charge on any atom is 0.200 e. The van der Waals surface area contributed by atoms with Gasteiger partial charge in [-0.2, -0.15) is 0 Å². The monoisotopic (exact) mass is 361 g/mol. The topological polar surface area (TPSA) is 53.5 Å². The summed E-state index contributed by atoms with van der Waals surface area (Å²) in [5, 5.41) is 0. The van der Waals surface area contributed by atoms with E-state index in [2.05, 4.69) is 11.6 Å². The molecule has 5 heteroatoms. The highest BCUT2D eigenvalue weighted by molar-refractivity contribution is 6.00. The van der Waals surface area contributed by atoms with E-state index in [-0.39, 0.29) is 24.7 Å². The molecule has 0 saturated heterocycles. The minimum Gasteiger partial charge on any atom is -0.366 e. The van der Waals surface area contributed by atoms with Gasteiger partial charge in [0.15, 0.2) is 11.6 Å². The first-order valence-electron chi connectivity index (χ1n) is 8.92. The maximum absolute atomic E-state index is 12.7. The molecule has 2 aliphatic heterocycles. The van der Waals surface area contributed by atoms with Gasteiger partial charge >= 0.3 is 0 Å². The molecule has 0 spiro atoms. The van der Waals surface area contributed by atoms with Crippen LogP contribution in [-0.4, -0.2) is 52.5 Å². The number of hydrogen-bond acceptors (Lipinski definition) is 5. The number of rotatable bonds is 7. The minimum absolute atomic E-state index is 0.118. The zero-order valence-electron chi connectivity index (χ0n) is 15.5. The van der Waals surface area contributed by atoms with Gasteiger partial charge in [-0.1, -0.05) is 36.5 Å². The molecular weight excluding hydrogens is 338 g/mol. The number of carbonyl (C=O) groups is 2. The van der Waals surface area contributed by atoms with Crippen LogP contribution in [0.15, 0.2) is 67.6 Å². The van der Waals surface area contributed by atoms with Crippen LogP contribution >= 0.6 is 0 Å². The van der Waals surface area contributed by atoms with E-state index >= 15 is 0 Å². The summed E-state index contributed by atoms with van der Waals surface area (Å²) in [4.78, 5) is 33.6. The Hall–Kier alpha value is -3.21. The van der Waals surface area contributed by atoms with Crippen molar-refractivity contribution >= 4 is 17.1 Å². The van der Waals surface area contributed by atoms with Gasteiger partial charge in [-0.15, -0.1) is 0 Å². The molecule has 3 heterocycles. The van der Waals surface area contributed by atoms with Crippen LogP contribution in [0.2, 0.25) is 0 Å². The molecule has 1 aromatic heterocycles. The van der Waals surface area contributed by atoms with E-state index in [0.717, 1.165) is 11.1 Å². The fourth-order valence-electron chi connectivity index (χ4n) is 2.84. The van der Waals surface area contributed by atoms with Crippen molar-refractivity contribution in [2.75, 3.05) is 26.2 Å². The molecule has 0 aliphatic carbocycles. The van der Waals surface area contributed by atoms with E-state index in [1.54, 1.807) is 12.1 Å². The van der Waals surface area contributed by atoms with Gasteiger partial charge in [0.05, 0.1) is 13.1 Å². The summed E-state index contributed by atoms with van der Waals surface area (Å²) in [5.41, 5.74) is 2.16. The normalized spacial score (nSPS) is 15.3. The lowest BCUT2D eigenvalue weighted by atomic mass is 10.0. The van der Waals surface area contributed by atoms with Gasteiger partial charge in [-0.05, 0) is 49.2 Å². The largest absolute Gasteiger partial charge is 0.366 e. The lowest BCUT2D eigenvalue weighted by Crippen LogP contribution is -2.29. The maximum atomic E-state index is 12.7. The van der Waals surface area contributed by atoms with Crippen LogP contribution in [0.5, 0.6) is 0 Å². The van der Waals surface area contributed by atoms with Crippen LogP contribution in [0.1, 0.15) is 33.5 Å². The standard InChI is InChI=1S/C22H23N3O2/c1-17(2)18-13-19(21(26)15-24-9-5-3-6-10-24)23-20(14-18)22(27)16-25-11-7-4-8-12-25/h3-9,11,13-14H,1,10,12,15-16H2,2H3. The molecule has 0 fully saturated rings. The summed E-state index contributed by atoms with van der Waals surface area (Å²) in [6.07, 6.45) is 15.4. The van der Waals surface area contributed by atoms with E-state index in [4.69, 9.17) is 0 Å². The van der Waals surface area contributed by atoms with Crippen molar-refractivity contribution in [2.24, 2.45) is 0 Å². The van der Waals surface area contributed by atoms with E-state index < -0.39 is 0 Å². The summed E-state index contributed by atoms with van der Waals surface area (Å²) in [6.45, 7) is 7.61. The van der Waals surface area contributed by atoms with Crippen molar-refractivity contribution in [2.45, 2.75) is 6.92 Å². The molecule has 0 radical (unpaired) electrons. The average Bonchev–Trinajstić information content (AvgIpc) is 2.69. The highest BCUT2D eigenvalue weighted by Crippen LogP contribution is 2.16. The van der Waals surface area contributed by atoms with Crippen molar-refractivity contribution in [3.05, 3.63) is 84.5 Å². The van der Waals surface area contributed by atoms with Crippen molar-refractivity contribution in [1.29, 1.82) is 0 Å². The number of ketones is 2. The van der Waals surface area contributed by atoms with Crippen molar-refractivity contribution in [3.63, 3.8) is 0 Å². The van der Waals surface area contributed by atoms with Crippen molar-refractivity contribution < 1.29 is 9.59 Å². The summed E-state index contributed by atoms with van der Waals surface area (Å²) in [7, 11) is 0. The highest BCUT2D eigenvalue weighted by atomic mass is 16.1. The van der Waals surface area contributed by atoms with E-state index in [0.29, 0.717) is 24.5 Å². The van der Waals surface area contributed by atoms with E-state index in [1.165, 1.54) is 0 Å². The molecule has 3 rings (SSSR count). The number of pyridine rings is 1. The Morgan fingerprint density at radius 3 is 1.78 bits per heavy atom. The predicted octanol–water partition coefficient (Wildman–Crippen LogP) is 3.25. The zero-order valence-corrected chi connectivity index (χ0v) is 15.5. The molecule has 138 valence electrons. The second-order valence-corrected chi connectivity index (χ2v) is 6.65. The summed E-state index contributed by atoms with van der Waals surface area (Å²) >= 11 is 0. The molecule has 1 aromatic rings. The highest BCUT2D eigenvalue weighted by Gasteiger charge is 2.18. The second kappa shape index (κ2) is 8.45. The average molecular weight is 361 g/mol. The third-order valence-corrected chi connectivity index (χ3v) is 4.35. The third-order valence-electron chi connectivity index (χ3n) is 4.35. The Morgan fingerprint density at radius 1 is 0.926 bits per heavy atom. The number of aromatic nitrogens is 1. The molecule has 27 heavy (non-hydrogen) atoms. The van der Waals surface area contributed by atoms with Crippen LogP contribution in [0, 0.1) is 0 Å². The molecular formula is C22H23N3O2. The summed E-state index contributed by atoms with van der Waals surface area (Å²) < 4.78 is 0. The molecule has 0 atom stereocenters. The molecule has 0 amide bonds. The molecule has 0 bridgehead atoms. The Bertz CT molecular complexity index is 815. The zero-order chi connectivity index (χ0) is 19.2. The van der Waals surface area contributed by atoms with Gasteiger partial charge in [0.2, 0.25) is 0 Å². The van der Waals surface area contributed by atoms with Crippen molar-refractivity contribution in [3.8, 4) is 0 Å². The minimum atomic E-state index is -0.118. The third kappa shape index (κ3) is 4.91. The Morgan fingerprint density at radius 2 is 1.41 bits per heavy atom. The van der Waals surface area contributed by atoms with E-state index in [9.17, 15) is 9.59 Å². The summed E-state index contributed by atoms with van der Waals surface area (Å²) in [5.74, 6) is -0.235. The molecule has 0 unspecified atom stereocenters. The smallest absolute Gasteiger partial charge is 0.200 e. The number of carbonyl (C=O) groups excluding carboxylic acids is 2. The second-order valence-electron chi connectivity index (χ2n) is 6.65. The quantitative estimate of drug-likeness (QED) is 0.698. The van der Waals surface area contributed by atoms with Gasteiger partial charge in [0, 0.05) is 13.1 Å². The molecule has 0 aromatic carbocycles. The number of allylic oxidation sites excluding steroid dienone is 5. The van der Waals surface area contributed by atoms with Gasteiger partial charge in [0.1, 0.15) is 11.4 Å². The summed E-state index contributed by atoms with van der Waals surface area (Å²) in [6, 6.07) is 3.43. The SMILES string of the molecule is C=C(C)c1cc(C(=O)CN2C=CC=CC2)nc(C(=O)CN2C=CC=CC2)c1.